The van der Waals surface area contributed by atoms with E-state index in [-0.39, 0.29) is 0 Å². The molecule has 0 unspecified atom stereocenters. The molecule has 0 N–H and O–H groups in total. The quantitative estimate of drug-likeness (QED) is 0.465. The van der Waals surface area contributed by atoms with E-state index in [2.05, 4.69) is 22.9 Å². The summed E-state index contributed by atoms with van der Waals surface area (Å²) in [5.74, 6) is 0. The third-order valence-electron chi connectivity index (χ3n) is 2.80. The Kier molecular flexibility index (Phi) is 3.91. The molecule has 0 aliphatic heterocycles. The number of halogens is 1. The highest BCUT2D eigenvalue weighted by molar-refractivity contribution is 9.09. The molecular weight excluding hydrogens is 200 g/mol. The van der Waals surface area contributed by atoms with Crippen molar-refractivity contribution in [3.8, 4) is 0 Å². The largest absolute Gasteiger partial charge is 0.0922 e. The van der Waals surface area contributed by atoms with Gasteiger partial charge in [-0.05, 0) is 24.7 Å². The summed E-state index contributed by atoms with van der Waals surface area (Å²) in [5.41, 5.74) is 0.758. The van der Waals surface area contributed by atoms with E-state index in [0.29, 0.717) is 0 Å². The van der Waals surface area contributed by atoms with Crippen LogP contribution in [0.25, 0.3) is 0 Å². The van der Waals surface area contributed by atoms with E-state index < -0.39 is 0 Å². The van der Waals surface area contributed by atoms with Crippen molar-refractivity contribution in [1.82, 2.24) is 0 Å². The third-order valence-corrected chi connectivity index (χ3v) is 3.99. The molecule has 0 heterocycles. The van der Waals surface area contributed by atoms with Crippen LogP contribution in [-0.4, -0.2) is 5.33 Å². The number of unbranched alkanes of at least 4 members (excludes halogenated alkanes) is 3. The molecule has 1 aliphatic carbocycles. The van der Waals surface area contributed by atoms with Gasteiger partial charge in [0.15, 0.2) is 0 Å². The maximum absolute atomic E-state index is 3.60. The van der Waals surface area contributed by atoms with Gasteiger partial charge in [0.05, 0.1) is 0 Å². The molecular formula is C10H19Br. The number of alkyl halides is 1. The maximum Gasteiger partial charge on any atom is 0.00879 e. The van der Waals surface area contributed by atoms with Crippen LogP contribution < -0.4 is 0 Å². The minimum atomic E-state index is 0.758. The second kappa shape index (κ2) is 4.49. The molecule has 1 aliphatic rings. The lowest BCUT2D eigenvalue weighted by Gasteiger charge is -2.09. The summed E-state index contributed by atoms with van der Waals surface area (Å²) in [6, 6.07) is 0. The molecule has 1 heteroatoms. The van der Waals surface area contributed by atoms with Gasteiger partial charge in [0.25, 0.3) is 0 Å². The zero-order valence-electron chi connectivity index (χ0n) is 7.53. The average molecular weight is 219 g/mol. The van der Waals surface area contributed by atoms with Gasteiger partial charge in [-0.25, -0.2) is 0 Å². The van der Waals surface area contributed by atoms with Crippen molar-refractivity contribution in [1.29, 1.82) is 0 Å². The maximum atomic E-state index is 3.60. The number of rotatable bonds is 6. The van der Waals surface area contributed by atoms with Crippen LogP contribution in [0.1, 0.15) is 51.9 Å². The summed E-state index contributed by atoms with van der Waals surface area (Å²) in [5, 5.41) is 1.24. The predicted molar refractivity (Wildman–Crippen MR) is 54.2 cm³/mol. The first-order chi connectivity index (χ1) is 5.33. The third kappa shape index (κ3) is 3.14. The van der Waals surface area contributed by atoms with Crippen molar-refractivity contribution in [2.45, 2.75) is 51.9 Å². The molecule has 11 heavy (non-hydrogen) atoms. The van der Waals surface area contributed by atoms with Gasteiger partial charge in [0.2, 0.25) is 0 Å². The minimum Gasteiger partial charge on any atom is -0.0922 e. The van der Waals surface area contributed by atoms with E-state index in [1.54, 1.807) is 0 Å². The van der Waals surface area contributed by atoms with E-state index in [0.717, 1.165) is 5.41 Å². The Morgan fingerprint density at radius 3 is 2.36 bits per heavy atom. The molecule has 0 aromatic rings. The van der Waals surface area contributed by atoms with Gasteiger partial charge < -0.3 is 0 Å². The summed E-state index contributed by atoms with van der Waals surface area (Å²) in [7, 11) is 0. The first-order valence-corrected chi connectivity index (χ1v) is 6.01. The van der Waals surface area contributed by atoms with Crippen LogP contribution in [0.15, 0.2) is 0 Å². The molecule has 66 valence electrons. The Labute approximate surface area is 78.9 Å². The second-order valence-corrected chi connectivity index (χ2v) is 4.51. The SMILES string of the molecule is CCCCCCC1(CBr)CC1. The van der Waals surface area contributed by atoms with Crippen LogP contribution in [-0.2, 0) is 0 Å². The van der Waals surface area contributed by atoms with E-state index in [1.165, 1.54) is 50.3 Å². The van der Waals surface area contributed by atoms with Crippen molar-refractivity contribution < 1.29 is 0 Å². The van der Waals surface area contributed by atoms with Crippen LogP contribution in [0, 0.1) is 5.41 Å². The van der Waals surface area contributed by atoms with E-state index in [1.807, 2.05) is 0 Å². The lowest BCUT2D eigenvalue weighted by molar-refractivity contribution is 0.484. The first-order valence-electron chi connectivity index (χ1n) is 4.89. The second-order valence-electron chi connectivity index (χ2n) is 3.94. The van der Waals surface area contributed by atoms with Gasteiger partial charge in [-0.1, -0.05) is 48.5 Å². The lowest BCUT2D eigenvalue weighted by atomic mass is 10.0. The number of hydrogen-bond donors (Lipinski definition) is 0. The highest BCUT2D eigenvalue weighted by atomic mass is 79.9. The highest BCUT2D eigenvalue weighted by Crippen LogP contribution is 2.51. The molecule has 0 bridgehead atoms. The molecule has 0 radical (unpaired) electrons. The van der Waals surface area contributed by atoms with Gasteiger partial charge in [-0.15, -0.1) is 0 Å². The molecule has 0 aromatic heterocycles. The Bertz CT molecular complexity index is 105. The zero-order valence-corrected chi connectivity index (χ0v) is 9.12. The zero-order chi connectivity index (χ0) is 8.16. The standard InChI is InChI=1S/C10H19Br/c1-2-3-4-5-6-10(9-11)7-8-10/h2-9H2,1H3. The van der Waals surface area contributed by atoms with Crippen LogP contribution in [0.4, 0.5) is 0 Å². The van der Waals surface area contributed by atoms with Gasteiger partial charge in [0.1, 0.15) is 0 Å². The Balaban J connectivity index is 1.94. The van der Waals surface area contributed by atoms with Crippen molar-refractivity contribution >= 4 is 15.9 Å². The molecule has 1 rings (SSSR count). The van der Waals surface area contributed by atoms with Crippen LogP contribution in [0.3, 0.4) is 0 Å². The smallest absolute Gasteiger partial charge is 0.00879 e. The fourth-order valence-corrected chi connectivity index (χ4v) is 2.40. The van der Waals surface area contributed by atoms with Crippen LogP contribution in [0.2, 0.25) is 0 Å². The Morgan fingerprint density at radius 1 is 1.18 bits per heavy atom. The molecule has 1 fully saturated rings. The van der Waals surface area contributed by atoms with Crippen LogP contribution >= 0.6 is 15.9 Å². The van der Waals surface area contributed by atoms with Gasteiger partial charge in [-0.2, -0.15) is 0 Å². The van der Waals surface area contributed by atoms with E-state index in [9.17, 15) is 0 Å². The van der Waals surface area contributed by atoms with E-state index >= 15 is 0 Å². The first kappa shape index (κ1) is 9.57. The normalized spacial score (nSPS) is 20.2. The summed E-state index contributed by atoms with van der Waals surface area (Å²) in [4.78, 5) is 0. The highest BCUT2D eigenvalue weighted by Gasteiger charge is 2.40. The lowest BCUT2D eigenvalue weighted by Crippen LogP contribution is -2.00. The van der Waals surface area contributed by atoms with Crippen molar-refractivity contribution in [2.24, 2.45) is 5.41 Å². The predicted octanol–water partition coefficient (Wildman–Crippen LogP) is 4.13. The molecule has 0 amide bonds. The molecule has 0 nitrogen and oxygen atoms in total. The van der Waals surface area contributed by atoms with Crippen LogP contribution in [0.5, 0.6) is 0 Å². The van der Waals surface area contributed by atoms with Crippen molar-refractivity contribution in [2.75, 3.05) is 5.33 Å². The average Bonchev–Trinajstić information content (AvgIpc) is 2.80. The molecule has 0 atom stereocenters. The summed E-state index contributed by atoms with van der Waals surface area (Å²) in [6.07, 6.45) is 10.1. The van der Waals surface area contributed by atoms with E-state index in [4.69, 9.17) is 0 Å². The van der Waals surface area contributed by atoms with Gasteiger partial charge in [0, 0.05) is 5.33 Å². The fourth-order valence-electron chi connectivity index (χ4n) is 1.55. The fraction of sp³-hybridized carbons (Fsp3) is 1.00. The summed E-state index contributed by atoms with van der Waals surface area (Å²) in [6.45, 7) is 2.28. The topological polar surface area (TPSA) is 0 Å². The monoisotopic (exact) mass is 218 g/mol. The molecule has 0 aromatic carbocycles. The number of hydrogen-bond acceptors (Lipinski definition) is 0. The molecule has 0 spiro atoms. The van der Waals surface area contributed by atoms with Gasteiger partial charge >= 0.3 is 0 Å². The Morgan fingerprint density at radius 2 is 1.91 bits per heavy atom. The summed E-state index contributed by atoms with van der Waals surface area (Å²) < 4.78 is 0. The molecule has 0 saturated heterocycles. The minimum absolute atomic E-state index is 0.758. The molecule has 1 saturated carbocycles. The van der Waals surface area contributed by atoms with Gasteiger partial charge in [-0.3, -0.25) is 0 Å². The summed E-state index contributed by atoms with van der Waals surface area (Å²) >= 11 is 3.60. The van der Waals surface area contributed by atoms with Crippen molar-refractivity contribution in [3.63, 3.8) is 0 Å². The van der Waals surface area contributed by atoms with Crippen molar-refractivity contribution in [3.05, 3.63) is 0 Å². The Hall–Kier alpha value is 0.480.